The van der Waals surface area contributed by atoms with Gasteiger partial charge in [-0.25, -0.2) is 4.79 Å². The lowest BCUT2D eigenvalue weighted by Crippen LogP contribution is -2.68. The number of nitrogens with zero attached hydrogens (tertiary/aromatic N) is 1. The standard InChI is InChI=1S/C18H25NO9S/c1-9(20)19-14-16(24)26-8-18(19,29-17(14,5)6)15(28-12(4)23)13(27-11(3)22)7-25-10(2)21/h13-15H,7-8H2,1-6H3/t13-,14?,15-,18?/m0/s1. The van der Waals surface area contributed by atoms with Gasteiger partial charge in [-0.2, -0.15) is 0 Å². The molecule has 0 aromatic carbocycles. The summed E-state index contributed by atoms with van der Waals surface area (Å²) >= 11 is 1.22. The van der Waals surface area contributed by atoms with Gasteiger partial charge >= 0.3 is 23.9 Å². The molecule has 0 aromatic heterocycles. The first-order chi connectivity index (χ1) is 13.3. The van der Waals surface area contributed by atoms with Crippen LogP contribution in [0.15, 0.2) is 0 Å². The van der Waals surface area contributed by atoms with Crippen molar-refractivity contribution < 1.29 is 42.9 Å². The van der Waals surface area contributed by atoms with Crippen molar-refractivity contribution in [2.75, 3.05) is 13.2 Å². The van der Waals surface area contributed by atoms with Gasteiger partial charge in [0.15, 0.2) is 17.1 Å². The molecule has 2 unspecified atom stereocenters. The fourth-order valence-electron chi connectivity index (χ4n) is 3.79. The van der Waals surface area contributed by atoms with E-state index < -0.39 is 64.3 Å². The maximum Gasteiger partial charge on any atom is 0.330 e. The van der Waals surface area contributed by atoms with Crippen molar-refractivity contribution >= 4 is 41.5 Å². The van der Waals surface area contributed by atoms with E-state index in [2.05, 4.69) is 0 Å². The average molecular weight is 431 g/mol. The SMILES string of the molecule is CC(=O)OC[C@H](OC(C)=O)[C@H](OC(C)=O)C12COC(=O)C(N1C(C)=O)C(C)(C)S2. The number of rotatable bonds is 6. The molecule has 2 fully saturated rings. The number of hydrogen-bond donors (Lipinski definition) is 0. The molecule has 2 aliphatic rings. The number of cyclic esters (lactones) is 1. The van der Waals surface area contributed by atoms with Crippen LogP contribution in [0, 0.1) is 0 Å². The van der Waals surface area contributed by atoms with E-state index >= 15 is 0 Å². The molecule has 2 bridgehead atoms. The first-order valence-electron chi connectivity index (χ1n) is 8.96. The van der Waals surface area contributed by atoms with Crippen molar-refractivity contribution in [3.63, 3.8) is 0 Å². The van der Waals surface area contributed by atoms with Crippen LogP contribution >= 0.6 is 11.8 Å². The van der Waals surface area contributed by atoms with E-state index in [0.717, 1.165) is 13.8 Å². The van der Waals surface area contributed by atoms with Crippen LogP contribution in [0.3, 0.4) is 0 Å². The minimum Gasteiger partial charge on any atom is -0.462 e. The van der Waals surface area contributed by atoms with E-state index in [4.69, 9.17) is 18.9 Å². The Hall–Kier alpha value is -2.30. The molecule has 2 aliphatic heterocycles. The summed E-state index contributed by atoms with van der Waals surface area (Å²) in [6.07, 6.45) is -2.48. The lowest BCUT2D eigenvalue weighted by Gasteiger charge is -2.47. The van der Waals surface area contributed by atoms with Gasteiger partial charge in [0, 0.05) is 32.4 Å². The second kappa shape index (κ2) is 8.21. The second-order valence-corrected chi connectivity index (χ2v) is 9.39. The number of ether oxygens (including phenoxy) is 4. The highest BCUT2D eigenvalue weighted by molar-refractivity contribution is 8.02. The van der Waals surface area contributed by atoms with Gasteiger partial charge in [0.2, 0.25) is 5.91 Å². The Kier molecular flexibility index (Phi) is 6.51. The summed E-state index contributed by atoms with van der Waals surface area (Å²) in [4.78, 5) is 59.9. The molecule has 162 valence electrons. The molecule has 0 radical (unpaired) electrons. The van der Waals surface area contributed by atoms with Crippen LogP contribution in [-0.4, -0.2) is 75.8 Å². The van der Waals surface area contributed by atoms with Crippen LogP contribution < -0.4 is 0 Å². The molecular weight excluding hydrogens is 406 g/mol. The predicted octanol–water partition coefficient (Wildman–Crippen LogP) is 0.409. The number of carbonyl (C=O) groups is 5. The summed E-state index contributed by atoms with van der Waals surface area (Å²) in [6.45, 7) is 7.63. The Morgan fingerprint density at radius 1 is 1.10 bits per heavy atom. The van der Waals surface area contributed by atoms with Gasteiger partial charge in [0.1, 0.15) is 19.3 Å². The monoisotopic (exact) mass is 431 g/mol. The van der Waals surface area contributed by atoms with E-state index in [1.807, 2.05) is 0 Å². The van der Waals surface area contributed by atoms with E-state index in [0.29, 0.717) is 0 Å². The summed E-state index contributed by atoms with van der Waals surface area (Å²) in [5, 5.41) is 0. The fraction of sp³-hybridized carbons (Fsp3) is 0.722. The largest absolute Gasteiger partial charge is 0.462 e. The smallest absolute Gasteiger partial charge is 0.330 e. The minimum atomic E-state index is -1.36. The molecule has 2 heterocycles. The Balaban J connectivity index is 2.59. The molecular formula is C18H25NO9S. The summed E-state index contributed by atoms with van der Waals surface area (Å²) in [5.74, 6) is -3.03. The summed E-state index contributed by atoms with van der Waals surface area (Å²) in [7, 11) is 0. The molecule has 29 heavy (non-hydrogen) atoms. The van der Waals surface area contributed by atoms with Gasteiger partial charge < -0.3 is 23.8 Å². The van der Waals surface area contributed by atoms with Crippen LogP contribution in [0.4, 0.5) is 0 Å². The molecule has 1 amide bonds. The Bertz CT molecular complexity index is 737. The molecule has 0 aromatic rings. The van der Waals surface area contributed by atoms with Gasteiger partial charge in [-0.15, -0.1) is 11.8 Å². The first-order valence-corrected chi connectivity index (χ1v) is 9.78. The fourth-order valence-corrected chi connectivity index (χ4v) is 5.78. The Labute approximate surface area is 172 Å². The highest BCUT2D eigenvalue weighted by Crippen LogP contribution is 2.56. The predicted molar refractivity (Wildman–Crippen MR) is 99.4 cm³/mol. The third kappa shape index (κ3) is 4.49. The molecule has 0 N–H and O–H groups in total. The van der Waals surface area contributed by atoms with Crippen LogP contribution in [0.25, 0.3) is 0 Å². The maximum absolute atomic E-state index is 12.6. The lowest BCUT2D eigenvalue weighted by atomic mass is 9.94. The molecule has 0 aliphatic carbocycles. The van der Waals surface area contributed by atoms with E-state index in [1.165, 1.54) is 30.5 Å². The maximum atomic E-state index is 12.6. The van der Waals surface area contributed by atoms with Crippen molar-refractivity contribution in [1.29, 1.82) is 0 Å². The third-order valence-electron chi connectivity index (χ3n) is 4.59. The number of amides is 1. The van der Waals surface area contributed by atoms with E-state index in [-0.39, 0.29) is 6.61 Å². The molecule has 2 saturated heterocycles. The number of morpholine rings is 1. The molecule has 0 spiro atoms. The number of thioether (sulfide) groups is 1. The van der Waals surface area contributed by atoms with Gasteiger partial charge in [0.05, 0.1) is 0 Å². The molecule has 10 nitrogen and oxygen atoms in total. The summed E-state index contributed by atoms with van der Waals surface area (Å²) in [6, 6.07) is -0.927. The van der Waals surface area contributed by atoms with E-state index in [1.54, 1.807) is 13.8 Å². The van der Waals surface area contributed by atoms with Gasteiger partial charge in [-0.05, 0) is 13.8 Å². The normalized spacial score (nSPS) is 26.8. The number of esters is 4. The van der Waals surface area contributed by atoms with Crippen molar-refractivity contribution in [1.82, 2.24) is 4.90 Å². The Morgan fingerprint density at radius 3 is 2.17 bits per heavy atom. The second-order valence-electron chi connectivity index (χ2n) is 7.43. The van der Waals surface area contributed by atoms with E-state index in [9.17, 15) is 24.0 Å². The Morgan fingerprint density at radius 2 is 1.69 bits per heavy atom. The number of hydrogen-bond acceptors (Lipinski definition) is 10. The van der Waals surface area contributed by atoms with Gasteiger partial charge in [0.25, 0.3) is 0 Å². The molecule has 11 heteroatoms. The quantitative estimate of drug-likeness (QED) is 0.431. The molecule has 0 saturated carbocycles. The van der Waals surface area contributed by atoms with Crippen LogP contribution in [0.5, 0.6) is 0 Å². The lowest BCUT2D eigenvalue weighted by molar-refractivity contribution is -0.197. The minimum absolute atomic E-state index is 0.286. The van der Waals surface area contributed by atoms with Crippen LogP contribution in [0.2, 0.25) is 0 Å². The highest BCUT2D eigenvalue weighted by Gasteiger charge is 2.69. The zero-order valence-electron chi connectivity index (χ0n) is 17.2. The molecule has 2 rings (SSSR count). The number of carbonyl (C=O) groups excluding carboxylic acids is 5. The van der Waals surface area contributed by atoms with Gasteiger partial charge in [-0.1, -0.05) is 0 Å². The highest BCUT2D eigenvalue weighted by atomic mass is 32.2. The first kappa shape index (κ1) is 23.0. The zero-order valence-corrected chi connectivity index (χ0v) is 18.0. The number of fused-ring (bicyclic) bond motifs is 2. The van der Waals surface area contributed by atoms with Gasteiger partial charge in [-0.3, -0.25) is 19.2 Å². The van der Waals surface area contributed by atoms with Crippen LogP contribution in [-0.2, 0) is 42.9 Å². The summed E-state index contributed by atoms with van der Waals surface area (Å²) < 4.78 is 20.4. The van der Waals surface area contributed by atoms with Crippen molar-refractivity contribution in [3.8, 4) is 0 Å². The van der Waals surface area contributed by atoms with Crippen LogP contribution in [0.1, 0.15) is 41.5 Å². The third-order valence-corrected chi connectivity index (χ3v) is 6.24. The van der Waals surface area contributed by atoms with Crippen molar-refractivity contribution in [2.24, 2.45) is 0 Å². The summed E-state index contributed by atoms with van der Waals surface area (Å²) in [5.41, 5.74) is 0. The molecule has 4 atom stereocenters. The topological polar surface area (TPSA) is 126 Å². The zero-order chi connectivity index (χ0) is 22.1. The van der Waals surface area contributed by atoms with Crippen molar-refractivity contribution in [3.05, 3.63) is 0 Å². The van der Waals surface area contributed by atoms with Crippen molar-refractivity contribution in [2.45, 2.75) is 69.4 Å². The average Bonchev–Trinajstić information content (AvgIpc) is 2.76.